The number of aromatic nitrogens is 5. The number of benzene rings is 2. The molecule has 0 aliphatic rings. The molecule has 0 aliphatic carbocycles. The quantitative estimate of drug-likeness (QED) is 0.275. The number of nitrogens with zero attached hydrogens (tertiary/aromatic N) is 4. The molecule has 0 spiro atoms. The summed E-state index contributed by atoms with van der Waals surface area (Å²) in [4.78, 5) is 12.3. The van der Waals surface area contributed by atoms with Gasteiger partial charge in [-0.2, -0.15) is 5.21 Å². The molecule has 152 valence electrons. The second-order valence-electron chi connectivity index (χ2n) is 6.40. The highest BCUT2D eigenvalue weighted by Gasteiger charge is 2.24. The van der Waals surface area contributed by atoms with Crippen LogP contribution in [0.1, 0.15) is 21.7 Å². The van der Waals surface area contributed by atoms with Crippen LogP contribution in [0, 0.1) is 6.92 Å². The van der Waals surface area contributed by atoms with E-state index in [2.05, 4.69) is 20.6 Å². The van der Waals surface area contributed by atoms with Gasteiger partial charge < -0.3 is 5.11 Å². The molecule has 2 N–H and O–H groups in total. The molecule has 2 heterocycles. The Kier molecular flexibility index (Phi) is 4.88. The van der Waals surface area contributed by atoms with Gasteiger partial charge >= 0.3 is 0 Å². The van der Waals surface area contributed by atoms with Crippen molar-refractivity contribution < 1.29 is 18.3 Å². The van der Waals surface area contributed by atoms with Crippen LogP contribution >= 0.6 is 11.6 Å². The molecular weight excluding hydrogens is 430 g/mol. The van der Waals surface area contributed by atoms with Crippen molar-refractivity contribution in [1.82, 2.24) is 24.6 Å². The van der Waals surface area contributed by atoms with Crippen LogP contribution in [0.4, 0.5) is 0 Å². The van der Waals surface area contributed by atoms with Crippen molar-refractivity contribution in [3.8, 4) is 0 Å². The Morgan fingerprint density at radius 3 is 2.70 bits per heavy atom. The molecule has 0 saturated heterocycles. The molecule has 11 heteroatoms. The molecule has 0 radical (unpaired) electrons. The van der Waals surface area contributed by atoms with Crippen molar-refractivity contribution >= 4 is 44.1 Å². The van der Waals surface area contributed by atoms with E-state index in [1.807, 2.05) is 0 Å². The molecule has 0 saturated carbocycles. The Morgan fingerprint density at radius 2 is 2.00 bits per heavy atom. The van der Waals surface area contributed by atoms with E-state index in [1.165, 1.54) is 24.4 Å². The van der Waals surface area contributed by atoms with Crippen molar-refractivity contribution in [1.29, 1.82) is 0 Å². The Balaban J connectivity index is 1.92. The predicted molar refractivity (Wildman–Crippen MR) is 110 cm³/mol. The summed E-state index contributed by atoms with van der Waals surface area (Å²) < 4.78 is 27.7. The van der Waals surface area contributed by atoms with Gasteiger partial charge in [-0.25, -0.2) is 12.4 Å². The lowest BCUT2D eigenvalue weighted by atomic mass is 10.1. The number of allylic oxidation sites excluding steroid dienone is 1. The minimum atomic E-state index is -3.98. The fraction of sp³-hybridized carbons (Fsp3) is 0.0526. The first-order valence-corrected chi connectivity index (χ1v) is 10.4. The topological polar surface area (TPSA) is 131 Å². The summed E-state index contributed by atoms with van der Waals surface area (Å²) in [5, 5.41) is 23.8. The first kappa shape index (κ1) is 19.8. The number of aryl methyl sites for hydroxylation is 1. The third-order valence-corrected chi connectivity index (χ3v) is 6.54. The molecule has 2 aromatic carbocycles. The number of rotatable bonds is 5. The number of tetrazole rings is 1. The molecule has 0 unspecified atom stereocenters. The van der Waals surface area contributed by atoms with Crippen LogP contribution in [0.5, 0.6) is 0 Å². The largest absolute Gasteiger partial charge is 0.507 e. The van der Waals surface area contributed by atoms with E-state index >= 15 is 0 Å². The van der Waals surface area contributed by atoms with E-state index in [1.54, 1.807) is 31.2 Å². The van der Waals surface area contributed by atoms with E-state index in [4.69, 9.17) is 11.6 Å². The number of H-pyrrole nitrogens is 1. The lowest BCUT2D eigenvalue weighted by molar-refractivity contribution is 0.103. The summed E-state index contributed by atoms with van der Waals surface area (Å²) in [6, 6.07) is 11.2. The smallest absolute Gasteiger partial charge is 0.268 e. The van der Waals surface area contributed by atoms with Crippen molar-refractivity contribution in [2.75, 3.05) is 0 Å². The minimum Gasteiger partial charge on any atom is -0.507 e. The second kappa shape index (κ2) is 7.39. The number of aromatic amines is 1. The van der Waals surface area contributed by atoms with E-state index in [9.17, 15) is 18.3 Å². The Bertz CT molecular complexity index is 1410. The van der Waals surface area contributed by atoms with Gasteiger partial charge in [0, 0.05) is 28.2 Å². The molecular formula is C19H14ClN5O4S. The standard InChI is InChI=1S/C19H14ClN5O4S/c1-11-4-2-3-5-18(11)30(28,29)25-10-14(13-8-12(20)6-7-15(13)25)16(26)9-17(27)19-21-23-24-22-19/h2-10,26H,1H3,(H,21,22,23,24)/b16-9-. The van der Waals surface area contributed by atoms with Crippen molar-refractivity contribution in [2.45, 2.75) is 11.8 Å². The van der Waals surface area contributed by atoms with Crippen LogP contribution in [0.15, 0.2) is 59.6 Å². The number of nitrogens with one attached hydrogen (secondary N) is 1. The number of carbonyl (C=O) groups is 1. The Morgan fingerprint density at radius 1 is 1.23 bits per heavy atom. The van der Waals surface area contributed by atoms with Gasteiger partial charge in [0.25, 0.3) is 10.0 Å². The lowest BCUT2D eigenvalue weighted by Gasteiger charge is -2.09. The zero-order valence-corrected chi connectivity index (χ0v) is 17.0. The minimum absolute atomic E-state index is 0.113. The molecule has 2 aromatic heterocycles. The van der Waals surface area contributed by atoms with Crippen LogP contribution in [0.25, 0.3) is 16.7 Å². The monoisotopic (exact) mass is 443 g/mol. The van der Waals surface area contributed by atoms with Gasteiger partial charge in [0.1, 0.15) is 5.76 Å². The Hall–Kier alpha value is -3.50. The number of carbonyl (C=O) groups excluding carboxylic acids is 1. The fourth-order valence-corrected chi connectivity index (χ4v) is 4.83. The SMILES string of the molecule is Cc1ccccc1S(=O)(=O)n1cc(/C(O)=C/C(=O)c2nn[nH]n2)c2cc(Cl)ccc21. The highest BCUT2D eigenvalue weighted by molar-refractivity contribution is 7.90. The highest BCUT2D eigenvalue weighted by Crippen LogP contribution is 2.32. The molecule has 0 fully saturated rings. The summed E-state index contributed by atoms with van der Waals surface area (Å²) in [7, 11) is -3.98. The van der Waals surface area contributed by atoms with Crippen LogP contribution in [-0.2, 0) is 10.0 Å². The fourth-order valence-electron chi connectivity index (χ4n) is 3.06. The van der Waals surface area contributed by atoms with Gasteiger partial charge in [0.05, 0.1) is 10.4 Å². The zero-order chi connectivity index (χ0) is 21.5. The van der Waals surface area contributed by atoms with Crippen molar-refractivity contribution in [3.05, 3.63) is 76.7 Å². The lowest BCUT2D eigenvalue weighted by Crippen LogP contribution is -2.13. The normalized spacial score (nSPS) is 12.4. The maximum Gasteiger partial charge on any atom is 0.268 e. The summed E-state index contributed by atoms with van der Waals surface area (Å²) in [5.41, 5.74) is 0.980. The summed E-state index contributed by atoms with van der Waals surface area (Å²) in [6.45, 7) is 1.69. The highest BCUT2D eigenvalue weighted by atomic mass is 35.5. The third kappa shape index (κ3) is 3.36. The molecule has 0 amide bonds. The number of fused-ring (bicyclic) bond motifs is 1. The Labute approximate surface area is 175 Å². The molecule has 9 nitrogen and oxygen atoms in total. The van der Waals surface area contributed by atoms with Gasteiger partial charge in [0.2, 0.25) is 11.6 Å². The summed E-state index contributed by atoms with van der Waals surface area (Å²) in [5.74, 6) is -1.41. The molecule has 30 heavy (non-hydrogen) atoms. The van der Waals surface area contributed by atoms with Crippen LogP contribution in [-0.4, -0.2) is 43.9 Å². The van der Waals surface area contributed by atoms with Crippen LogP contribution in [0.2, 0.25) is 5.02 Å². The van der Waals surface area contributed by atoms with Crippen molar-refractivity contribution in [2.24, 2.45) is 0 Å². The van der Waals surface area contributed by atoms with Crippen molar-refractivity contribution in [3.63, 3.8) is 0 Å². The first-order chi connectivity index (χ1) is 14.3. The average Bonchev–Trinajstić information content (AvgIpc) is 3.36. The zero-order valence-electron chi connectivity index (χ0n) is 15.4. The van der Waals surface area contributed by atoms with Gasteiger partial charge in [-0.05, 0) is 42.0 Å². The molecule has 4 aromatic rings. The number of aliphatic hydroxyl groups is 1. The second-order valence-corrected chi connectivity index (χ2v) is 8.62. The van der Waals surface area contributed by atoms with Crippen LogP contribution in [0.3, 0.4) is 0 Å². The van der Waals surface area contributed by atoms with Gasteiger partial charge in [-0.15, -0.1) is 10.2 Å². The third-order valence-electron chi connectivity index (χ3n) is 4.47. The van der Waals surface area contributed by atoms with Crippen LogP contribution < -0.4 is 0 Å². The average molecular weight is 444 g/mol. The first-order valence-electron chi connectivity index (χ1n) is 8.59. The number of hydrogen-bond donors (Lipinski definition) is 2. The predicted octanol–water partition coefficient (Wildman–Crippen LogP) is 3.14. The van der Waals surface area contributed by atoms with Gasteiger partial charge in [-0.1, -0.05) is 29.8 Å². The number of halogens is 1. The number of ketones is 1. The molecule has 4 rings (SSSR count). The molecule has 0 atom stereocenters. The van der Waals surface area contributed by atoms with E-state index in [0.717, 1.165) is 10.0 Å². The van der Waals surface area contributed by atoms with E-state index in [-0.39, 0.29) is 16.3 Å². The molecule has 0 bridgehead atoms. The maximum absolute atomic E-state index is 13.3. The number of hydrogen-bond acceptors (Lipinski definition) is 7. The summed E-state index contributed by atoms with van der Waals surface area (Å²) >= 11 is 6.09. The maximum atomic E-state index is 13.3. The van der Waals surface area contributed by atoms with E-state index < -0.39 is 21.6 Å². The molecule has 0 aliphatic heterocycles. The van der Waals surface area contributed by atoms with Gasteiger partial charge in [0.15, 0.2) is 0 Å². The van der Waals surface area contributed by atoms with E-state index in [0.29, 0.717) is 21.5 Å². The number of aliphatic hydroxyl groups excluding tert-OH is 1. The van der Waals surface area contributed by atoms with Gasteiger partial charge in [-0.3, -0.25) is 4.79 Å². The summed E-state index contributed by atoms with van der Waals surface area (Å²) in [6.07, 6.45) is 2.14.